The summed E-state index contributed by atoms with van der Waals surface area (Å²) in [4.78, 5) is 0. The van der Waals surface area contributed by atoms with Gasteiger partial charge in [0.2, 0.25) is 0 Å². The number of terminal acetylenes is 1. The molecule has 0 spiro atoms. The van der Waals surface area contributed by atoms with E-state index < -0.39 is 11.6 Å². The minimum Gasteiger partial charge on any atom is -0.206 e. The van der Waals surface area contributed by atoms with Gasteiger partial charge in [0.25, 0.3) is 0 Å². The van der Waals surface area contributed by atoms with Gasteiger partial charge < -0.3 is 0 Å². The van der Waals surface area contributed by atoms with Crippen LogP contribution in [0.15, 0.2) is 36.4 Å². The molecule has 0 aliphatic heterocycles. The van der Waals surface area contributed by atoms with Crippen molar-refractivity contribution in [3.05, 3.63) is 76.1 Å². The van der Waals surface area contributed by atoms with E-state index in [1.807, 2.05) is 19.1 Å². The highest BCUT2D eigenvalue weighted by molar-refractivity contribution is 5.51. The molecule has 1 fully saturated rings. The van der Waals surface area contributed by atoms with Crippen LogP contribution in [0.2, 0.25) is 0 Å². The van der Waals surface area contributed by atoms with Crippen molar-refractivity contribution >= 4 is 6.08 Å². The van der Waals surface area contributed by atoms with Crippen LogP contribution in [-0.2, 0) is 6.42 Å². The lowest BCUT2D eigenvalue weighted by atomic mass is 9.78. The van der Waals surface area contributed by atoms with Crippen LogP contribution in [0.4, 0.5) is 13.2 Å². The predicted octanol–water partition coefficient (Wildman–Crippen LogP) is 7.03. The Morgan fingerprint density at radius 3 is 2.44 bits per heavy atom. The van der Waals surface area contributed by atoms with Crippen molar-refractivity contribution in [3.8, 4) is 36.0 Å². The van der Waals surface area contributed by atoms with E-state index in [2.05, 4.69) is 29.6 Å². The SMILES string of the molecule is C#CC#CC#Cc1ccc(C2CCC(C=Cc3ccc(CCC)c(F)c3F)CC2)cc1F. The second kappa shape index (κ2) is 11.3. The van der Waals surface area contributed by atoms with Crippen molar-refractivity contribution < 1.29 is 13.2 Å². The van der Waals surface area contributed by atoms with Crippen LogP contribution in [0, 0.1) is 59.4 Å². The third-order valence-electron chi connectivity index (χ3n) is 5.89. The molecule has 32 heavy (non-hydrogen) atoms. The molecule has 0 amide bonds. The third kappa shape index (κ3) is 5.87. The van der Waals surface area contributed by atoms with E-state index in [-0.39, 0.29) is 17.3 Å². The Labute approximate surface area is 188 Å². The first-order valence-corrected chi connectivity index (χ1v) is 10.9. The zero-order chi connectivity index (χ0) is 22.9. The fraction of sp³-hybridized carbons (Fsp3) is 0.310. The second-order valence-corrected chi connectivity index (χ2v) is 8.05. The maximum absolute atomic E-state index is 14.4. The fourth-order valence-electron chi connectivity index (χ4n) is 4.13. The van der Waals surface area contributed by atoms with Crippen LogP contribution in [-0.4, -0.2) is 0 Å². The number of allylic oxidation sites excluding steroid dienone is 1. The van der Waals surface area contributed by atoms with Gasteiger partial charge in [0.05, 0.1) is 5.56 Å². The van der Waals surface area contributed by atoms with Crippen molar-refractivity contribution in [1.29, 1.82) is 0 Å². The minimum atomic E-state index is -0.773. The van der Waals surface area contributed by atoms with E-state index in [0.717, 1.165) is 37.7 Å². The Bertz CT molecular complexity index is 1150. The van der Waals surface area contributed by atoms with Crippen LogP contribution < -0.4 is 0 Å². The highest BCUT2D eigenvalue weighted by atomic mass is 19.2. The van der Waals surface area contributed by atoms with Gasteiger partial charge in [0, 0.05) is 5.56 Å². The van der Waals surface area contributed by atoms with E-state index in [9.17, 15) is 13.2 Å². The lowest BCUT2D eigenvalue weighted by molar-refractivity contribution is 0.376. The van der Waals surface area contributed by atoms with Gasteiger partial charge in [0.15, 0.2) is 11.6 Å². The molecule has 0 aromatic heterocycles. The standard InChI is InChI=1S/C29H25F3/c1-3-5-6-7-9-23-16-19-26(20-27(23)30)22-13-10-21(11-14-22)12-15-25-18-17-24(8-4-2)28(31)29(25)32/h1,12,15-22H,4,8,10-11,13-14H2,2H3. The van der Waals surface area contributed by atoms with Crippen LogP contribution in [0.5, 0.6) is 0 Å². The Morgan fingerprint density at radius 2 is 1.75 bits per heavy atom. The summed E-state index contributed by atoms with van der Waals surface area (Å²) in [6.45, 7) is 1.94. The summed E-state index contributed by atoms with van der Waals surface area (Å²) in [5.41, 5.74) is 1.98. The molecule has 1 aliphatic rings. The maximum Gasteiger partial charge on any atom is 0.166 e. The molecular weight excluding hydrogens is 405 g/mol. The largest absolute Gasteiger partial charge is 0.206 e. The molecule has 3 rings (SSSR count). The normalized spacial score (nSPS) is 17.7. The Hall–Kier alpha value is -3.35. The molecule has 0 atom stereocenters. The summed E-state index contributed by atoms with van der Waals surface area (Å²) in [6.07, 6.45) is 13.7. The summed E-state index contributed by atoms with van der Waals surface area (Å²) >= 11 is 0. The summed E-state index contributed by atoms with van der Waals surface area (Å²) in [7, 11) is 0. The average Bonchev–Trinajstić information content (AvgIpc) is 2.80. The maximum atomic E-state index is 14.4. The first kappa shape index (κ1) is 23.3. The molecule has 0 nitrogen and oxygen atoms in total. The van der Waals surface area contributed by atoms with Gasteiger partial charge in [-0.25, -0.2) is 13.2 Å². The molecule has 2 aromatic carbocycles. The monoisotopic (exact) mass is 430 g/mol. The van der Waals surface area contributed by atoms with Crippen molar-refractivity contribution in [2.45, 2.75) is 51.4 Å². The highest BCUT2D eigenvalue weighted by Gasteiger charge is 2.22. The smallest absolute Gasteiger partial charge is 0.166 e. The molecule has 0 unspecified atom stereocenters. The highest BCUT2D eigenvalue weighted by Crippen LogP contribution is 2.37. The van der Waals surface area contributed by atoms with Crippen molar-refractivity contribution in [1.82, 2.24) is 0 Å². The third-order valence-corrected chi connectivity index (χ3v) is 5.89. The lowest BCUT2D eigenvalue weighted by Crippen LogP contribution is -2.12. The number of hydrogen-bond acceptors (Lipinski definition) is 0. The van der Waals surface area contributed by atoms with Crippen LogP contribution >= 0.6 is 0 Å². The topological polar surface area (TPSA) is 0 Å². The first-order chi connectivity index (χ1) is 15.5. The van der Waals surface area contributed by atoms with Gasteiger partial charge in [-0.05, 0) is 96.8 Å². The van der Waals surface area contributed by atoms with E-state index in [0.29, 0.717) is 23.5 Å². The zero-order valence-electron chi connectivity index (χ0n) is 18.2. The fourth-order valence-corrected chi connectivity index (χ4v) is 4.13. The first-order valence-electron chi connectivity index (χ1n) is 10.9. The van der Waals surface area contributed by atoms with Gasteiger partial charge >= 0.3 is 0 Å². The lowest BCUT2D eigenvalue weighted by Gasteiger charge is -2.27. The number of rotatable bonds is 5. The molecule has 1 saturated carbocycles. The van der Waals surface area contributed by atoms with Gasteiger partial charge in [-0.15, -0.1) is 6.42 Å². The number of hydrogen-bond donors (Lipinski definition) is 0. The van der Waals surface area contributed by atoms with Crippen LogP contribution in [0.1, 0.15) is 67.2 Å². The van der Waals surface area contributed by atoms with E-state index in [1.54, 1.807) is 30.3 Å². The molecule has 0 radical (unpaired) electrons. The molecule has 1 aliphatic carbocycles. The molecule has 3 heteroatoms. The van der Waals surface area contributed by atoms with Gasteiger partial charge in [-0.2, -0.15) is 0 Å². The molecule has 0 heterocycles. The summed E-state index contributed by atoms with van der Waals surface area (Å²) in [6, 6.07) is 8.47. The van der Waals surface area contributed by atoms with Crippen molar-refractivity contribution in [3.63, 3.8) is 0 Å². The molecule has 0 bridgehead atoms. The van der Waals surface area contributed by atoms with Gasteiger partial charge in [-0.3, -0.25) is 0 Å². The summed E-state index contributed by atoms with van der Waals surface area (Å²) in [5.74, 6) is 10.9. The summed E-state index contributed by atoms with van der Waals surface area (Å²) < 4.78 is 42.9. The van der Waals surface area contributed by atoms with E-state index in [4.69, 9.17) is 6.42 Å². The molecular formula is C29H25F3. The Morgan fingerprint density at radius 1 is 0.969 bits per heavy atom. The van der Waals surface area contributed by atoms with Crippen LogP contribution in [0.25, 0.3) is 6.08 Å². The van der Waals surface area contributed by atoms with E-state index in [1.165, 1.54) is 0 Å². The van der Waals surface area contributed by atoms with Crippen molar-refractivity contribution in [2.75, 3.05) is 0 Å². The Kier molecular flexibility index (Phi) is 8.25. The molecule has 162 valence electrons. The average molecular weight is 431 g/mol. The van der Waals surface area contributed by atoms with Gasteiger partial charge in [0.1, 0.15) is 5.82 Å². The van der Waals surface area contributed by atoms with E-state index >= 15 is 0 Å². The Balaban J connectivity index is 1.61. The minimum absolute atomic E-state index is 0.278. The zero-order valence-corrected chi connectivity index (χ0v) is 18.2. The summed E-state index contributed by atoms with van der Waals surface area (Å²) in [5, 5.41) is 0. The van der Waals surface area contributed by atoms with Crippen LogP contribution in [0.3, 0.4) is 0 Å². The van der Waals surface area contributed by atoms with Gasteiger partial charge in [-0.1, -0.05) is 43.7 Å². The molecule has 0 N–H and O–H groups in total. The second-order valence-electron chi connectivity index (χ2n) is 8.05. The molecule has 2 aromatic rings. The quantitative estimate of drug-likeness (QED) is 0.447. The number of aryl methyl sites for hydroxylation is 1. The molecule has 0 saturated heterocycles. The number of halogens is 3. The predicted molar refractivity (Wildman–Crippen MR) is 124 cm³/mol. The van der Waals surface area contributed by atoms with Crippen molar-refractivity contribution in [2.24, 2.45) is 5.92 Å². The number of benzene rings is 2.